The number of nitrogens with zero attached hydrogens (tertiary/aromatic N) is 2. The topological polar surface area (TPSA) is 62.3 Å². The van der Waals surface area contributed by atoms with Gasteiger partial charge in [0.15, 0.2) is 0 Å². The molecule has 5 nitrogen and oxygen atoms in total. The van der Waals surface area contributed by atoms with Gasteiger partial charge in [0.2, 0.25) is 5.91 Å². The molecule has 0 saturated heterocycles. The van der Waals surface area contributed by atoms with E-state index in [0.29, 0.717) is 12.0 Å². The quantitative estimate of drug-likeness (QED) is 0.657. The lowest BCUT2D eigenvalue weighted by molar-refractivity contribution is -0.118. The van der Waals surface area contributed by atoms with Gasteiger partial charge in [0.05, 0.1) is 5.56 Å². The number of hydrogen-bond acceptors (Lipinski definition) is 3. The molecule has 2 aromatic carbocycles. The van der Waals surface area contributed by atoms with Crippen molar-refractivity contribution in [3.05, 3.63) is 83.4 Å². The third-order valence-corrected chi connectivity index (χ3v) is 4.97. The summed E-state index contributed by atoms with van der Waals surface area (Å²) in [5.41, 5.74) is 4.05. The number of nitrogens with one attached hydrogen (secondary N) is 1. The number of hydrogen-bond donors (Lipinski definition) is 1. The summed E-state index contributed by atoms with van der Waals surface area (Å²) in [4.78, 5) is 29.9. The number of rotatable bonds is 6. The van der Waals surface area contributed by atoms with E-state index in [2.05, 4.69) is 10.3 Å². The molecule has 2 amide bonds. The first-order valence-electron chi connectivity index (χ1n) is 9.75. The minimum absolute atomic E-state index is 0.00908. The molecule has 0 aliphatic carbocycles. The lowest BCUT2D eigenvalue weighted by Gasteiger charge is -2.18. The number of halogens is 1. The Morgan fingerprint density at radius 2 is 1.93 bits per heavy atom. The van der Waals surface area contributed by atoms with Crippen LogP contribution in [0.1, 0.15) is 34.8 Å². The first kappa shape index (κ1) is 21.2. The largest absolute Gasteiger partial charge is 0.348 e. The Labute approximate surface area is 175 Å². The van der Waals surface area contributed by atoms with E-state index in [4.69, 9.17) is 0 Å². The average molecular weight is 405 g/mol. The van der Waals surface area contributed by atoms with Crippen LogP contribution in [0.5, 0.6) is 0 Å². The molecule has 1 N–H and O–H groups in total. The molecular weight excluding hydrogens is 381 g/mol. The van der Waals surface area contributed by atoms with E-state index in [-0.39, 0.29) is 18.0 Å². The van der Waals surface area contributed by atoms with Crippen molar-refractivity contribution in [3.63, 3.8) is 0 Å². The molecule has 1 aromatic heterocycles. The molecule has 0 aliphatic heterocycles. The Kier molecular flexibility index (Phi) is 6.57. The van der Waals surface area contributed by atoms with Crippen LogP contribution in [-0.4, -0.2) is 23.8 Å². The number of anilines is 1. The zero-order valence-electron chi connectivity index (χ0n) is 17.3. The van der Waals surface area contributed by atoms with Gasteiger partial charge in [-0.15, -0.1) is 0 Å². The van der Waals surface area contributed by atoms with E-state index in [1.807, 2.05) is 38.1 Å². The summed E-state index contributed by atoms with van der Waals surface area (Å²) >= 11 is 0. The van der Waals surface area contributed by atoms with Crippen LogP contribution in [0, 0.1) is 12.7 Å². The Hall–Kier alpha value is -3.54. The number of aromatic nitrogens is 1. The Morgan fingerprint density at radius 3 is 2.57 bits per heavy atom. The fraction of sp³-hybridized carbons (Fsp3) is 0.208. The van der Waals surface area contributed by atoms with Crippen molar-refractivity contribution >= 4 is 17.5 Å². The molecule has 0 spiro atoms. The molecule has 30 heavy (non-hydrogen) atoms. The Balaban J connectivity index is 1.77. The molecule has 0 saturated carbocycles. The highest BCUT2D eigenvalue weighted by atomic mass is 19.1. The highest BCUT2D eigenvalue weighted by molar-refractivity contribution is 5.95. The number of carbonyl (C=O) groups excluding carboxylic acids is 2. The number of benzene rings is 2. The van der Waals surface area contributed by atoms with Crippen LogP contribution >= 0.6 is 0 Å². The molecule has 0 aliphatic rings. The number of carbonyl (C=O) groups is 2. The minimum Gasteiger partial charge on any atom is -0.348 e. The molecule has 1 heterocycles. The first-order chi connectivity index (χ1) is 14.4. The van der Waals surface area contributed by atoms with E-state index >= 15 is 0 Å². The third-order valence-electron chi connectivity index (χ3n) is 4.97. The molecule has 0 unspecified atom stereocenters. The number of aryl methyl sites for hydroxylation is 1. The van der Waals surface area contributed by atoms with Crippen molar-refractivity contribution in [2.24, 2.45) is 0 Å². The predicted molar refractivity (Wildman–Crippen MR) is 116 cm³/mol. The second kappa shape index (κ2) is 9.31. The SMILES string of the molecule is CCC(=O)N(C)c1ccc(-c2ccc(C(=O)NCc3cccnc3)c(F)c2)c(C)c1. The van der Waals surface area contributed by atoms with E-state index in [1.54, 1.807) is 36.5 Å². The molecule has 154 valence electrons. The van der Waals surface area contributed by atoms with E-state index in [0.717, 1.165) is 22.4 Å². The fourth-order valence-corrected chi connectivity index (χ4v) is 3.21. The zero-order valence-corrected chi connectivity index (χ0v) is 17.3. The maximum absolute atomic E-state index is 14.7. The van der Waals surface area contributed by atoms with Crippen LogP contribution in [0.4, 0.5) is 10.1 Å². The minimum atomic E-state index is -0.585. The lowest BCUT2D eigenvalue weighted by Crippen LogP contribution is -2.25. The fourth-order valence-electron chi connectivity index (χ4n) is 3.21. The smallest absolute Gasteiger partial charge is 0.254 e. The van der Waals surface area contributed by atoms with Crippen molar-refractivity contribution in [2.45, 2.75) is 26.8 Å². The molecular formula is C24H24FN3O2. The number of amides is 2. The summed E-state index contributed by atoms with van der Waals surface area (Å²) in [5, 5.41) is 2.71. The highest BCUT2D eigenvalue weighted by Crippen LogP contribution is 2.28. The Bertz CT molecular complexity index is 1070. The lowest BCUT2D eigenvalue weighted by atomic mass is 9.98. The van der Waals surface area contributed by atoms with Crippen LogP contribution in [0.2, 0.25) is 0 Å². The molecule has 0 radical (unpaired) electrons. The first-order valence-corrected chi connectivity index (χ1v) is 9.75. The molecule has 0 fully saturated rings. The molecule has 0 atom stereocenters. The predicted octanol–water partition coefficient (Wildman–Crippen LogP) is 4.50. The molecule has 6 heteroatoms. The van der Waals surface area contributed by atoms with Crippen LogP contribution in [0.3, 0.4) is 0 Å². The van der Waals surface area contributed by atoms with Gasteiger partial charge in [-0.3, -0.25) is 14.6 Å². The van der Waals surface area contributed by atoms with Gasteiger partial charge < -0.3 is 10.2 Å². The summed E-state index contributed by atoms with van der Waals surface area (Å²) in [5.74, 6) is -1.04. The van der Waals surface area contributed by atoms with Gasteiger partial charge in [-0.2, -0.15) is 0 Å². The molecule has 3 aromatic rings. The Morgan fingerprint density at radius 1 is 1.13 bits per heavy atom. The normalized spacial score (nSPS) is 10.5. The van der Waals surface area contributed by atoms with Gasteiger partial charge in [0.25, 0.3) is 5.91 Å². The molecule has 3 rings (SSSR count). The third kappa shape index (κ3) is 4.71. The second-order valence-electron chi connectivity index (χ2n) is 7.04. The summed E-state index contributed by atoms with van der Waals surface area (Å²) in [6, 6.07) is 13.8. The van der Waals surface area contributed by atoms with Crippen molar-refractivity contribution in [1.82, 2.24) is 10.3 Å². The monoisotopic (exact) mass is 405 g/mol. The maximum Gasteiger partial charge on any atom is 0.254 e. The maximum atomic E-state index is 14.7. The second-order valence-corrected chi connectivity index (χ2v) is 7.04. The van der Waals surface area contributed by atoms with Crippen molar-refractivity contribution in [1.29, 1.82) is 0 Å². The van der Waals surface area contributed by atoms with E-state index < -0.39 is 11.7 Å². The van der Waals surface area contributed by atoms with Crippen LogP contribution < -0.4 is 10.2 Å². The van der Waals surface area contributed by atoms with Crippen LogP contribution in [-0.2, 0) is 11.3 Å². The van der Waals surface area contributed by atoms with Crippen LogP contribution in [0.15, 0.2) is 60.9 Å². The van der Waals surface area contributed by atoms with E-state index in [1.165, 1.54) is 12.1 Å². The average Bonchev–Trinajstić information content (AvgIpc) is 2.77. The summed E-state index contributed by atoms with van der Waals surface area (Å²) < 4.78 is 14.7. The summed E-state index contributed by atoms with van der Waals surface area (Å²) in [6.07, 6.45) is 3.72. The number of pyridine rings is 1. The van der Waals surface area contributed by atoms with Gasteiger partial charge >= 0.3 is 0 Å². The van der Waals surface area contributed by atoms with Gasteiger partial charge in [-0.05, 0) is 59.5 Å². The van der Waals surface area contributed by atoms with Gasteiger partial charge in [0.1, 0.15) is 5.82 Å². The summed E-state index contributed by atoms with van der Waals surface area (Å²) in [6.45, 7) is 4.01. The molecule has 0 bridgehead atoms. The van der Waals surface area contributed by atoms with Crippen molar-refractivity contribution in [3.8, 4) is 11.1 Å². The standard InChI is InChI=1S/C24H24FN3O2/c1-4-23(29)28(3)19-8-10-20(16(2)12-19)18-7-9-21(22(25)13-18)24(30)27-15-17-6-5-11-26-14-17/h5-14H,4,15H2,1-3H3,(H,27,30). The van der Waals surface area contributed by atoms with Crippen LogP contribution in [0.25, 0.3) is 11.1 Å². The van der Waals surface area contributed by atoms with Gasteiger partial charge in [-0.25, -0.2) is 4.39 Å². The van der Waals surface area contributed by atoms with Gasteiger partial charge in [0, 0.05) is 38.1 Å². The zero-order chi connectivity index (χ0) is 21.7. The van der Waals surface area contributed by atoms with E-state index in [9.17, 15) is 14.0 Å². The highest BCUT2D eigenvalue weighted by Gasteiger charge is 2.15. The van der Waals surface area contributed by atoms with Gasteiger partial charge in [-0.1, -0.05) is 25.1 Å². The summed E-state index contributed by atoms with van der Waals surface area (Å²) in [7, 11) is 1.73. The van der Waals surface area contributed by atoms with Crippen molar-refractivity contribution in [2.75, 3.05) is 11.9 Å². The van der Waals surface area contributed by atoms with Crippen molar-refractivity contribution < 1.29 is 14.0 Å².